The first-order valence-corrected chi connectivity index (χ1v) is 5.49. The Bertz CT molecular complexity index is 364. The molecule has 0 aliphatic carbocycles. The van der Waals surface area contributed by atoms with Gasteiger partial charge in [0.05, 0.1) is 6.61 Å². The average molecular weight is 222 g/mol. The van der Waals surface area contributed by atoms with Crippen LogP contribution in [0.4, 0.5) is 5.69 Å². The van der Waals surface area contributed by atoms with E-state index in [1.807, 2.05) is 13.8 Å². The number of nitrogens with two attached hydrogens (primary N) is 1. The number of nitrogen functional groups attached to an aromatic ring is 1. The Balaban J connectivity index is 2.82. The second-order valence-electron chi connectivity index (χ2n) is 3.48. The van der Waals surface area contributed by atoms with Gasteiger partial charge in [0.1, 0.15) is 5.75 Å². The molecule has 0 saturated carbocycles. The molecule has 4 heteroatoms. The van der Waals surface area contributed by atoms with Crippen LogP contribution in [-0.2, 0) is 0 Å². The van der Waals surface area contributed by atoms with Crippen molar-refractivity contribution in [2.75, 3.05) is 18.9 Å². The van der Waals surface area contributed by atoms with E-state index in [1.54, 1.807) is 18.2 Å². The van der Waals surface area contributed by atoms with Crippen molar-refractivity contribution in [3.8, 4) is 5.75 Å². The SMILES string of the molecule is CCCNC(=O)c1cc(N)cc(OCC)c1. The predicted octanol–water partition coefficient (Wildman–Crippen LogP) is 1.81. The lowest BCUT2D eigenvalue weighted by Crippen LogP contribution is -2.24. The van der Waals surface area contributed by atoms with Crippen LogP contribution in [0.2, 0.25) is 0 Å². The van der Waals surface area contributed by atoms with E-state index in [1.165, 1.54) is 0 Å². The smallest absolute Gasteiger partial charge is 0.251 e. The van der Waals surface area contributed by atoms with E-state index in [0.29, 0.717) is 30.2 Å². The fraction of sp³-hybridized carbons (Fsp3) is 0.417. The van der Waals surface area contributed by atoms with E-state index >= 15 is 0 Å². The maximum atomic E-state index is 11.7. The van der Waals surface area contributed by atoms with Gasteiger partial charge in [-0.05, 0) is 25.5 Å². The number of carbonyl (C=O) groups excluding carboxylic acids is 1. The van der Waals surface area contributed by atoms with Crippen molar-refractivity contribution in [3.63, 3.8) is 0 Å². The maximum absolute atomic E-state index is 11.7. The standard InChI is InChI=1S/C12H18N2O2/c1-3-5-14-12(15)9-6-10(13)8-11(7-9)16-4-2/h6-8H,3-5,13H2,1-2H3,(H,14,15). The van der Waals surface area contributed by atoms with Crippen molar-refractivity contribution in [2.45, 2.75) is 20.3 Å². The molecule has 16 heavy (non-hydrogen) atoms. The Labute approximate surface area is 95.8 Å². The molecular weight excluding hydrogens is 204 g/mol. The van der Waals surface area contributed by atoms with E-state index in [2.05, 4.69) is 5.32 Å². The lowest BCUT2D eigenvalue weighted by molar-refractivity contribution is 0.0953. The van der Waals surface area contributed by atoms with Crippen LogP contribution >= 0.6 is 0 Å². The predicted molar refractivity (Wildman–Crippen MR) is 64.6 cm³/mol. The molecule has 1 aromatic carbocycles. The van der Waals surface area contributed by atoms with Gasteiger partial charge in [0.15, 0.2) is 0 Å². The second-order valence-corrected chi connectivity index (χ2v) is 3.48. The number of anilines is 1. The van der Waals surface area contributed by atoms with Gasteiger partial charge in [0, 0.05) is 23.9 Å². The quantitative estimate of drug-likeness (QED) is 0.747. The summed E-state index contributed by atoms with van der Waals surface area (Å²) in [6.45, 7) is 5.11. The first-order chi connectivity index (χ1) is 7.67. The summed E-state index contributed by atoms with van der Waals surface area (Å²) in [6.07, 6.45) is 0.909. The van der Waals surface area contributed by atoms with Gasteiger partial charge in [-0.2, -0.15) is 0 Å². The molecule has 3 N–H and O–H groups in total. The largest absolute Gasteiger partial charge is 0.494 e. The van der Waals surface area contributed by atoms with Gasteiger partial charge < -0.3 is 15.8 Å². The summed E-state index contributed by atoms with van der Waals surface area (Å²) in [5.74, 6) is 0.513. The van der Waals surface area contributed by atoms with E-state index in [-0.39, 0.29) is 5.91 Å². The summed E-state index contributed by atoms with van der Waals surface area (Å²) >= 11 is 0. The molecule has 0 aromatic heterocycles. The first kappa shape index (κ1) is 12.4. The van der Waals surface area contributed by atoms with Crippen LogP contribution in [0.1, 0.15) is 30.6 Å². The molecule has 0 aliphatic rings. The van der Waals surface area contributed by atoms with Crippen LogP contribution in [0.15, 0.2) is 18.2 Å². The van der Waals surface area contributed by atoms with E-state index in [4.69, 9.17) is 10.5 Å². The third-order valence-electron chi connectivity index (χ3n) is 2.04. The first-order valence-electron chi connectivity index (χ1n) is 5.49. The van der Waals surface area contributed by atoms with E-state index in [9.17, 15) is 4.79 Å². The summed E-state index contributed by atoms with van der Waals surface area (Å²) < 4.78 is 5.32. The number of nitrogens with one attached hydrogen (secondary N) is 1. The van der Waals surface area contributed by atoms with Crippen molar-refractivity contribution in [2.24, 2.45) is 0 Å². The normalized spacial score (nSPS) is 9.88. The fourth-order valence-corrected chi connectivity index (χ4v) is 1.34. The minimum Gasteiger partial charge on any atom is -0.494 e. The topological polar surface area (TPSA) is 64.4 Å². The van der Waals surface area contributed by atoms with Crippen LogP contribution in [0.3, 0.4) is 0 Å². The highest BCUT2D eigenvalue weighted by molar-refractivity contribution is 5.95. The van der Waals surface area contributed by atoms with Crippen molar-refractivity contribution in [1.29, 1.82) is 0 Å². The number of amides is 1. The van der Waals surface area contributed by atoms with E-state index < -0.39 is 0 Å². The fourth-order valence-electron chi connectivity index (χ4n) is 1.34. The molecule has 1 aromatic rings. The van der Waals surface area contributed by atoms with Crippen LogP contribution < -0.4 is 15.8 Å². The number of hydrogen-bond donors (Lipinski definition) is 2. The molecule has 0 radical (unpaired) electrons. The van der Waals surface area contributed by atoms with Gasteiger partial charge >= 0.3 is 0 Å². The van der Waals surface area contributed by atoms with Crippen molar-refractivity contribution in [1.82, 2.24) is 5.32 Å². The Morgan fingerprint density at radius 1 is 1.38 bits per heavy atom. The Morgan fingerprint density at radius 2 is 2.12 bits per heavy atom. The molecule has 88 valence electrons. The van der Waals surface area contributed by atoms with Gasteiger partial charge in [0.25, 0.3) is 5.91 Å². The number of ether oxygens (including phenoxy) is 1. The highest BCUT2D eigenvalue weighted by atomic mass is 16.5. The lowest BCUT2D eigenvalue weighted by atomic mass is 10.1. The molecule has 1 amide bonds. The molecule has 0 unspecified atom stereocenters. The zero-order valence-electron chi connectivity index (χ0n) is 9.75. The zero-order chi connectivity index (χ0) is 12.0. The molecule has 0 aliphatic heterocycles. The average Bonchev–Trinajstić information content (AvgIpc) is 2.25. The summed E-state index contributed by atoms with van der Waals surface area (Å²) in [5, 5.41) is 2.80. The van der Waals surface area contributed by atoms with Crippen molar-refractivity contribution >= 4 is 11.6 Å². The Hall–Kier alpha value is -1.71. The van der Waals surface area contributed by atoms with Gasteiger partial charge in [-0.1, -0.05) is 6.92 Å². The molecule has 1 rings (SSSR count). The van der Waals surface area contributed by atoms with Crippen LogP contribution in [0.25, 0.3) is 0 Å². The minimum absolute atomic E-state index is 0.116. The monoisotopic (exact) mass is 222 g/mol. The van der Waals surface area contributed by atoms with Gasteiger partial charge in [0.2, 0.25) is 0 Å². The molecule has 0 fully saturated rings. The number of benzene rings is 1. The van der Waals surface area contributed by atoms with Gasteiger partial charge in [-0.15, -0.1) is 0 Å². The third kappa shape index (κ3) is 3.46. The van der Waals surface area contributed by atoms with Crippen LogP contribution in [0, 0.1) is 0 Å². The molecular formula is C12H18N2O2. The van der Waals surface area contributed by atoms with Crippen LogP contribution in [0.5, 0.6) is 5.75 Å². The summed E-state index contributed by atoms with van der Waals surface area (Å²) in [5.41, 5.74) is 6.77. The molecule has 4 nitrogen and oxygen atoms in total. The minimum atomic E-state index is -0.116. The van der Waals surface area contributed by atoms with Gasteiger partial charge in [-0.3, -0.25) is 4.79 Å². The molecule has 0 spiro atoms. The Morgan fingerprint density at radius 3 is 2.75 bits per heavy atom. The summed E-state index contributed by atoms with van der Waals surface area (Å²) in [6, 6.07) is 5.05. The molecule has 0 heterocycles. The lowest BCUT2D eigenvalue weighted by Gasteiger charge is -2.08. The highest BCUT2D eigenvalue weighted by Gasteiger charge is 2.07. The Kier molecular flexibility index (Phi) is 4.64. The molecule has 0 bridgehead atoms. The number of rotatable bonds is 5. The third-order valence-corrected chi connectivity index (χ3v) is 2.04. The van der Waals surface area contributed by atoms with Crippen molar-refractivity contribution < 1.29 is 9.53 Å². The maximum Gasteiger partial charge on any atom is 0.251 e. The summed E-state index contributed by atoms with van der Waals surface area (Å²) in [4.78, 5) is 11.7. The van der Waals surface area contributed by atoms with E-state index in [0.717, 1.165) is 6.42 Å². The molecule has 0 saturated heterocycles. The van der Waals surface area contributed by atoms with Crippen LogP contribution in [-0.4, -0.2) is 19.1 Å². The second kappa shape index (κ2) is 6.00. The summed E-state index contributed by atoms with van der Waals surface area (Å²) in [7, 11) is 0. The zero-order valence-corrected chi connectivity index (χ0v) is 9.75. The number of hydrogen-bond acceptors (Lipinski definition) is 3. The molecule has 0 atom stereocenters. The highest BCUT2D eigenvalue weighted by Crippen LogP contribution is 2.18. The van der Waals surface area contributed by atoms with Gasteiger partial charge in [-0.25, -0.2) is 0 Å². The van der Waals surface area contributed by atoms with Crippen molar-refractivity contribution in [3.05, 3.63) is 23.8 Å². The number of carbonyl (C=O) groups is 1.